The molecule has 0 fully saturated rings. The van der Waals surface area contributed by atoms with Crippen molar-refractivity contribution in [2.45, 2.75) is 26.3 Å². The summed E-state index contributed by atoms with van der Waals surface area (Å²) in [7, 11) is 0. The van der Waals surface area contributed by atoms with Crippen LogP contribution in [0.1, 0.15) is 34.1 Å². The average Bonchev–Trinajstić information content (AvgIpc) is 3.16. The van der Waals surface area contributed by atoms with E-state index in [1.807, 2.05) is 71.4 Å². The number of aldehydes is 1. The number of rotatable bonds is 7. The molecule has 0 spiro atoms. The van der Waals surface area contributed by atoms with Gasteiger partial charge in [-0.2, -0.15) is 5.10 Å². The van der Waals surface area contributed by atoms with Gasteiger partial charge >= 0.3 is 0 Å². The second-order valence-corrected chi connectivity index (χ2v) is 7.21. The Hall–Kier alpha value is -3.73. The molecule has 1 amide bonds. The molecule has 30 heavy (non-hydrogen) atoms. The first-order valence-electron chi connectivity index (χ1n) is 10.0. The standard InChI is InChI=1S/C25H23N3O2/c1-2-24-22(13-14-29)16-26-28(24)17-18-7-11-23(12-8-18)27-25(30)21-10-9-19-5-3-4-6-20(19)15-21/h3-12,14-16H,2,13,17H2,1H3,(H,27,30). The maximum atomic E-state index is 12.6. The first kappa shape index (κ1) is 19.6. The number of nitrogens with one attached hydrogen (secondary N) is 1. The lowest BCUT2D eigenvalue weighted by Crippen LogP contribution is -2.12. The molecule has 4 aromatic rings. The SMILES string of the molecule is CCc1c(CC=O)cnn1Cc1ccc(NC(=O)c2ccc3ccccc3c2)cc1. The van der Waals surface area contributed by atoms with Gasteiger partial charge in [0.2, 0.25) is 0 Å². The van der Waals surface area contributed by atoms with E-state index < -0.39 is 0 Å². The number of amides is 1. The first-order valence-corrected chi connectivity index (χ1v) is 10.0. The largest absolute Gasteiger partial charge is 0.322 e. The van der Waals surface area contributed by atoms with E-state index in [4.69, 9.17) is 0 Å². The van der Waals surface area contributed by atoms with Crippen LogP contribution in [0, 0.1) is 0 Å². The van der Waals surface area contributed by atoms with Gasteiger partial charge in [0.15, 0.2) is 0 Å². The van der Waals surface area contributed by atoms with Crippen molar-refractivity contribution in [3.05, 3.63) is 95.3 Å². The van der Waals surface area contributed by atoms with E-state index in [2.05, 4.69) is 17.3 Å². The van der Waals surface area contributed by atoms with Crippen LogP contribution in [-0.2, 0) is 24.2 Å². The maximum Gasteiger partial charge on any atom is 0.255 e. The summed E-state index contributed by atoms with van der Waals surface area (Å²) < 4.78 is 1.93. The normalized spacial score (nSPS) is 10.8. The Morgan fingerprint density at radius 1 is 1.03 bits per heavy atom. The molecular weight excluding hydrogens is 374 g/mol. The number of carbonyl (C=O) groups is 2. The molecule has 0 aliphatic rings. The van der Waals surface area contributed by atoms with Crippen molar-refractivity contribution < 1.29 is 9.59 Å². The lowest BCUT2D eigenvalue weighted by Gasteiger charge is -2.10. The quantitative estimate of drug-likeness (QED) is 0.462. The zero-order valence-electron chi connectivity index (χ0n) is 16.8. The summed E-state index contributed by atoms with van der Waals surface area (Å²) in [5.41, 5.74) is 4.51. The zero-order chi connectivity index (χ0) is 20.9. The Labute approximate surface area is 175 Å². The van der Waals surface area contributed by atoms with Crippen molar-refractivity contribution in [3.63, 3.8) is 0 Å². The molecule has 0 saturated heterocycles. The molecular formula is C25H23N3O2. The van der Waals surface area contributed by atoms with Gasteiger partial charge in [-0.25, -0.2) is 0 Å². The van der Waals surface area contributed by atoms with Crippen LogP contribution in [-0.4, -0.2) is 22.0 Å². The highest BCUT2D eigenvalue weighted by atomic mass is 16.1. The van der Waals surface area contributed by atoms with Crippen LogP contribution < -0.4 is 5.32 Å². The third kappa shape index (κ3) is 4.15. The van der Waals surface area contributed by atoms with Crippen LogP contribution in [0.2, 0.25) is 0 Å². The molecule has 0 bridgehead atoms. The number of hydrogen-bond acceptors (Lipinski definition) is 3. The van der Waals surface area contributed by atoms with Gasteiger partial charge in [-0.1, -0.05) is 49.4 Å². The molecule has 1 aromatic heterocycles. The number of nitrogens with zero attached hydrogens (tertiary/aromatic N) is 2. The minimum Gasteiger partial charge on any atom is -0.322 e. The summed E-state index contributed by atoms with van der Waals surface area (Å²) in [5, 5.41) is 9.53. The third-order valence-corrected chi connectivity index (χ3v) is 5.23. The Morgan fingerprint density at radius 2 is 1.80 bits per heavy atom. The Balaban J connectivity index is 1.45. The lowest BCUT2D eigenvalue weighted by atomic mass is 10.1. The van der Waals surface area contributed by atoms with Gasteiger partial charge in [0.1, 0.15) is 6.29 Å². The second-order valence-electron chi connectivity index (χ2n) is 7.21. The maximum absolute atomic E-state index is 12.6. The van der Waals surface area contributed by atoms with E-state index in [1.54, 1.807) is 6.20 Å². The summed E-state index contributed by atoms with van der Waals surface area (Å²) in [6, 6.07) is 21.4. The van der Waals surface area contributed by atoms with Gasteiger partial charge < -0.3 is 10.1 Å². The Bertz CT molecular complexity index is 1190. The summed E-state index contributed by atoms with van der Waals surface area (Å²) in [6.45, 7) is 2.69. The monoisotopic (exact) mass is 397 g/mol. The van der Waals surface area contributed by atoms with Crippen molar-refractivity contribution in [1.29, 1.82) is 0 Å². The number of aromatic nitrogens is 2. The fourth-order valence-corrected chi connectivity index (χ4v) is 3.66. The minimum absolute atomic E-state index is 0.132. The van der Waals surface area contributed by atoms with Crippen LogP contribution in [0.3, 0.4) is 0 Å². The predicted molar refractivity (Wildman–Crippen MR) is 119 cm³/mol. The zero-order valence-corrected chi connectivity index (χ0v) is 16.8. The number of fused-ring (bicyclic) bond motifs is 1. The summed E-state index contributed by atoms with van der Waals surface area (Å²) in [6.07, 6.45) is 3.89. The van der Waals surface area contributed by atoms with Gasteiger partial charge in [-0.15, -0.1) is 0 Å². The summed E-state index contributed by atoms with van der Waals surface area (Å²) in [4.78, 5) is 23.5. The van der Waals surface area contributed by atoms with Crippen LogP contribution in [0.4, 0.5) is 5.69 Å². The first-order chi connectivity index (χ1) is 14.7. The Morgan fingerprint density at radius 3 is 2.53 bits per heavy atom. The fourth-order valence-electron chi connectivity index (χ4n) is 3.66. The average molecular weight is 397 g/mol. The van der Waals surface area contributed by atoms with Gasteiger partial charge in [0.25, 0.3) is 5.91 Å². The molecule has 1 N–H and O–H groups in total. The smallest absolute Gasteiger partial charge is 0.255 e. The van der Waals surface area contributed by atoms with E-state index in [9.17, 15) is 9.59 Å². The van der Waals surface area contributed by atoms with E-state index in [0.717, 1.165) is 46.0 Å². The van der Waals surface area contributed by atoms with E-state index >= 15 is 0 Å². The van der Waals surface area contributed by atoms with Crippen molar-refractivity contribution in [2.75, 3.05) is 5.32 Å². The van der Waals surface area contributed by atoms with Crippen molar-refractivity contribution in [3.8, 4) is 0 Å². The molecule has 0 atom stereocenters. The highest BCUT2D eigenvalue weighted by Gasteiger charge is 2.10. The molecule has 150 valence electrons. The van der Waals surface area contributed by atoms with Crippen LogP contribution in [0.25, 0.3) is 10.8 Å². The molecule has 1 heterocycles. The Kier molecular flexibility index (Phi) is 5.70. The number of benzene rings is 3. The predicted octanol–water partition coefficient (Wildman–Crippen LogP) is 4.64. The molecule has 0 unspecified atom stereocenters. The molecule has 0 aliphatic heterocycles. The van der Waals surface area contributed by atoms with E-state index in [0.29, 0.717) is 18.5 Å². The van der Waals surface area contributed by atoms with Gasteiger partial charge in [0.05, 0.1) is 12.7 Å². The topological polar surface area (TPSA) is 64.0 Å². The fraction of sp³-hybridized carbons (Fsp3) is 0.160. The number of carbonyl (C=O) groups excluding carboxylic acids is 2. The molecule has 3 aromatic carbocycles. The highest BCUT2D eigenvalue weighted by molar-refractivity contribution is 6.06. The van der Waals surface area contributed by atoms with Crippen LogP contribution >= 0.6 is 0 Å². The van der Waals surface area contributed by atoms with Gasteiger partial charge in [-0.05, 0) is 47.0 Å². The van der Waals surface area contributed by atoms with E-state index in [1.165, 1.54) is 0 Å². The molecule has 5 heteroatoms. The van der Waals surface area contributed by atoms with E-state index in [-0.39, 0.29) is 5.91 Å². The molecule has 4 rings (SSSR count). The van der Waals surface area contributed by atoms with Crippen LogP contribution in [0.5, 0.6) is 0 Å². The minimum atomic E-state index is -0.132. The second kappa shape index (κ2) is 8.74. The van der Waals surface area contributed by atoms with Gasteiger partial charge in [0, 0.05) is 28.9 Å². The van der Waals surface area contributed by atoms with Crippen LogP contribution in [0.15, 0.2) is 72.9 Å². The van der Waals surface area contributed by atoms with Crippen molar-refractivity contribution in [1.82, 2.24) is 9.78 Å². The van der Waals surface area contributed by atoms with Crippen molar-refractivity contribution >= 4 is 28.7 Å². The van der Waals surface area contributed by atoms with Gasteiger partial charge in [-0.3, -0.25) is 9.48 Å². The number of anilines is 1. The summed E-state index contributed by atoms with van der Waals surface area (Å²) in [5.74, 6) is -0.132. The molecule has 5 nitrogen and oxygen atoms in total. The summed E-state index contributed by atoms with van der Waals surface area (Å²) >= 11 is 0. The number of hydrogen-bond donors (Lipinski definition) is 1. The third-order valence-electron chi connectivity index (χ3n) is 5.23. The van der Waals surface area contributed by atoms with Crippen molar-refractivity contribution in [2.24, 2.45) is 0 Å². The lowest BCUT2D eigenvalue weighted by molar-refractivity contribution is -0.107. The molecule has 0 aliphatic carbocycles. The molecule has 0 radical (unpaired) electrons. The highest BCUT2D eigenvalue weighted by Crippen LogP contribution is 2.18. The molecule has 0 saturated carbocycles.